The molecule has 0 spiro atoms. The molecule has 0 amide bonds. The standard InChI is InChI=1S/C25H20N2O3/c26-19-5-13-23(14-6-19)29-21-9-1-17(2-10-21)25(28)18-3-11-22(12-4-18)30-24-15-7-20(27)8-16-24/h1-16H,26-27H2. The molecule has 4 aromatic rings. The third kappa shape index (κ3) is 4.59. The normalized spacial score (nSPS) is 10.4. The first-order valence-electron chi connectivity index (χ1n) is 9.38. The van der Waals surface area contributed by atoms with E-state index in [0.29, 0.717) is 45.5 Å². The van der Waals surface area contributed by atoms with Crippen LogP contribution in [0.15, 0.2) is 97.1 Å². The van der Waals surface area contributed by atoms with E-state index in [-0.39, 0.29) is 5.78 Å². The molecule has 0 aliphatic heterocycles. The van der Waals surface area contributed by atoms with Crippen LogP contribution in [0.25, 0.3) is 0 Å². The summed E-state index contributed by atoms with van der Waals surface area (Å²) in [5, 5.41) is 0. The number of rotatable bonds is 6. The second-order valence-electron chi connectivity index (χ2n) is 6.72. The van der Waals surface area contributed by atoms with E-state index in [0.717, 1.165) is 0 Å². The Morgan fingerprint density at radius 1 is 0.467 bits per heavy atom. The second kappa shape index (κ2) is 8.41. The Morgan fingerprint density at radius 2 is 0.733 bits per heavy atom. The third-order valence-electron chi connectivity index (χ3n) is 4.46. The Labute approximate surface area is 174 Å². The monoisotopic (exact) mass is 396 g/mol. The van der Waals surface area contributed by atoms with Crippen molar-refractivity contribution in [3.8, 4) is 23.0 Å². The predicted molar refractivity (Wildman–Crippen MR) is 118 cm³/mol. The van der Waals surface area contributed by atoms with Gasteiger partial charge in [0.05, 0.1) is 0 Å². The molecule has 4 aromatic carbocycles. The highest BCUT2D eigenvalue weighted by molar-refractivity contribution is 6.09. The first-order chi connectivity index (χ1) is 14.6. The van der Waals surface area contributed by atoms with Crippen LogP contribution in [0.4, 0.5) is 11.4 Å². The first kappa shape index (κ1) is 19.1. The van der Waals surface area contributed by atoms with Gasteiger partial charge < -0.3 is 20.9 Å². The van der Waals surface area contributed by atoms with Gasteiger partial charge in [-0.1, -0.05) is 0 Å². The van der Waals surface area contributed by atoms with Crippen molar-refractivity contribution in [3.63, 3.8) is 0 Å². The topological polar surface area (TPSA) is 87.6 Å². The number of hydrogen-bond donors (Lipinski definition) is 2. The molecule has 4 N–H and O–H groups in total. The number of nitrogens with two attached hydrogens (primary N) is 2. The Balaban J connectivity index is 1.42. The molecule has 5 nitrogen and oxygen atoms in total. The Morgan fingerprint density at radius 3 is 1.03 bits per heavy atom. The summed E-state index contributed by atoms with van der Waals surface area (Å²) >= 11 is 0. The van der Waals surface area contributed by atoms with Gasteiger partial charge in [0.25, 0.3) is 0 Å². The molecule has 0 fully saturated rings. The van der Waals surface area contributed by atoms with Gasteiger partial charge in [0.15, 0.2) is 5.78 Å². The van der Waals surface area contributed by atoms with E-state index in [2.05, 4.69) is 0 Å². The van der Waals surface area contributed by atoms with Crippen LogP contribution in [0.5, 0.6) is 23.0 Å². The third-order valence-corrected chi connectivity index (χ3v) is 4.46. The number of carbonyl (C=O) groups excluding carboxylic acids is 1. The minimum atomic E-state index is -0.0759. The number of hydrogen-bond acceptors (Lipinski definition) is 5. The molecule has 0 radical (unpaired) electrons. The summed E-state index contributed by atoms with van der Waals surface area (Å²) in [6, 6.07) is 28.3. The SMILES string of the molecule is Nc1ccc(Oc2ccc(C(=O)c3ccc(Oc4ccc(N)cc4)cc3)cc2)cc1. The summed E-state index contributed by atoms with van der Waals surface area (Å²) in [7, 11) is 0. The molecule has 0 saturated carbocycles. The Bertz CT molecular complexity index is 1040. The van der Waals surface area contributed by atoms with E-state index < -0.39 is 0 Å². The summed E-state index contributed by atoms with van der Waals surface area (Å²) in [5.74, 6) is 2.57. The van der Waals surface area contributed by atoms with Gasteiger partial charge in [0.1, 0.15) is 23.0 Å². The molecule has 0 unspecified atom stereocenters. The summed E-state index contributed by atoms with van der Waals surface area (Å²) in [6.07, 6.45) is 0. The molecule has 5 heteroatoms. The van der Waals surface area contributed by atoms with Gasteiger partial charge in [-0.2, -0.15) is 0 Å². The van der Waals surface area contributed by atoms with E-state index in [1.54, 1.807) is 97.1 Å². The van der Waals surface area contributed by atoms with E-state index in [1.165, 1.54) is 0 Å². The molecule has 0 aliphatic carbocycles. The van der Waals surface area contributed by atoms with Crippen LogP contribution in [-0.4, -0.2) is 5.78 Å². The first-order valence-corrected chi connectivity index (χ1v) is 9.38. The highest BCUT2D eigenvalue weighted by Crippen LogP contribution is 2.25. The predicted octanol–water partition coefficient (Wildman–Crippen LogP) is 5.67. The summed E-state index contributed by atoms with van der Waals surface area (Å²) in [4.78, 5) is 12.8. The van der Waals surface area contributed by atoms with Gasteiger partial charge in [-0.3, -0.25) is 4.79 Å². The van der Waals surface area contributed by atoms with Gasteiger partial charge in [-0.25, -0.2) is 0 Å². The van der Waals surface area contributed by atoms with Crippen LogP contribution >= 0.6 is 0 Å². The summed E-state index contributed by atoms with van der Waals surface area (Å²) < 4.78 is 11.5. The molecule has 0 atom stereocenters. The number of anilines is 2. The largest absolute Gasteiger partial charge is 0.457 e. The zero-order chi connectivity index (χ0) is 20.9. The van der Waals surface area contributed by atoms with Gasteiger partial charge in [0.2, 0.25) is 0 Å². The van der Waals surface area contributed by atoms with Crippen molar-refractivity contribution in [2.24, 2.45) is 0 Å². The van der Waals surface area contributed by atoms with Crippen molar-refractivity contribution in [1.82, 2.24) is 0 Å². The van der Waals surface area contributed by atoms with E-state index in [4.69, 9.17) is 20.9 Å². The van der Waals surface area contributed by atoms with Gasteiger partial charge >= 0.3 is 0 Å². The zero-order valence-corrected chi connectivity index (χ0v) is 16.1. The van der Waals surface area contributed by atoms with Crippen LogP contribution < -0.4 is 20.9 Å². The Kier molecular flexibility index (Phi) is 5.35. The van der Waals surface area contributed by atoms with Crippen LogP contribution in [0.2, 0.25) is 0 Å². The molecule has 0 heterocycles. The maximum absolute atomic E-state index is 12.8. The number of nitrogen functional groups attached to an aromatic ring is 2. The zero-order valence-electron chi connectivity index (χ0n) is 16.1. The maximum Gasteiger partial charge on any atom is 0.193 e. The van der Waals surface area contributed by atoms with Crippen LogP contribution in [0, 0.1) is 0 Å². The fourth-order valence-corrected chi connectivity index (χ4v) is 2.86. The molecule has 4 rings (SSSR count). The second-order valence-corrected chi connectivity index (χ2v) is 6.72. The molecule has 0 aliphatic rings. The molecule has 148 valence electrons. The average molecular weight is 396 g/mol. The lowest BCUT2D eigenvalue weighted by Crippen LogP contribution is -2.01. The van der Waals surface area contributed by atoms with Crippen molar-refractivity contribution in [1.29, 1.82) is 0 Å². The fourth-order valence-electron chi connectivity index (χ4n) is 2.86. The van der Waals surface area contributed by atoms with Crippen LogP contribution in [0.3, 0.4) is 0 Å². The highest BCUT2D eigenvalue weighted by Gasteiger charge is 2.10. The van der Waals surface area contributed by atoms with Crippen molar-refractivity contribution in [3.05, 3.63) is 108 Å². The minimum absolute atomic E-state index is 0.0759. The van der Waals surface area contributed by atoms with Gasteiger partial charge in [0, 0.05) is 22.5 Å². The van der Waals surface area contributed by atoms with Crippen molar-refractivity contribution in [2.45, 2.75) is 0 Å². The van der Waals surface area contributed by atoms with Crippen LogP contribution in [0.1, 0.15) is 15.9 Å². The molecule has 0 saturated heterocycles. The van der Waals surface area contributed by atoms with E-state index in [1.807, 2.05) is 0 Å². The minimum Gasteiger partial charge on any atom is -0.457 e. The summed E-state index contributed by atoms with van der Waals surface area (Å²) in [6.45, 7) is 0. The fraction of sp³-hybridized carbons (Fsp3) is 0. The van der Waals surface area contributed by atoms with Crippen molar-refractivity contribution < 1.29 is 14.3 Å². The molecule has 0 bridgehead atoms. The number of ether oxygens (including phenoxy) is 2. The van der Waals surface area contributed by atoms with Crippen molar-refractivity contribution in [2.75, 3.05) is 11.5 Å². The van der Waals surface area contributed by atoms with Gasteiger partial charge in [-0.15, -0.1) is 0 Å². The van der Waals surface area contributed by atoms with E-state index in [9.17, 15) is 4.79 Å². The number of ketones is 1. The molecule has 0 aromatic heterocycles. The van der Waals surface area contributed by atoms with Crippen LogP contribution in [-0.2, 0) is 0 Å². The Hall–Kier alpha value is -4.25. The smallest absolute Gasteiger partial charge is 0.193 e. The molecular weight excluding hydrogens is 376 g/mol. The lowest BCUT2D eigenvalue weighted by Gasteiger charge is -2.08. The maximum atomic E-state index is 12.8. The molecular formula is C25H20N2O3. The number of benzene rings is 4. The van der Waals surface area contributed by atoms with Crippen molar-refractivity contribution >= 4 is 17.2 Å². The summed E-state index contributed by atoms with van der Waals surface area (Å²) in [5.41, 5.74) is 13.9. The van der Waals surface area contributed by atoms with Gasteiger partial charge in [-0.05, 0) is 97.1 Å². The quantitative estimate of drug-likeness (QED) is 0.324. The lowest BCUT2D eigenvalue weighted by molar-refractivity contribution is 0.103. The highest BCUT2D eigenvalue weighted by atomic mass is 16.5. The lowest BCUT2D eigenvalue weighted by atomic mass is 10.0. The average Bonchev–Trinajstić information content (AvgIpc) is 2.77. The number of carbonyl (C=O) groups is 1. The molecule has 30 heavy (non-hydrogen) atoms. The van der Waals surface area contributed by atoms with E-state index >= 15 is 0 Å².